The van der Waals surface area contributed by atoms with E-state index in [2.05, 4.69) is 77.5 Å². The minimum atomic E-state index is 0.469. The molecule has 6 heteroatoms. The quantitative estimate of drug-likeness (QED) is 0.577. The molecule has 0 spiro atoms. The van der Waals surface area contributed by atoms with Crippen LogP contribution in [-0.2, 0) is 19.5 Å². The predicted octanol–water partition coefficient (Wildman–Crippen LogP) is 3.51. The van der Waals surface area contributed by atoms with Crippen molar-refractivity contribution in [1.82, 2.24) is 20.5 Å². The first-order chi connectivity index (χ1) is 13.5. The first-order valence-electron chi connectivity index (χ1n) is 10.2. The Morgan fingerprint density at radius 1 is 1.21 bits per heavy atom. The number of rotatable bonds is 6. The van der Waals surface area contributed by atoms with Crippen LogP contribution < -0.4 is 10.6 Å². The molecule has 2 heterocycles. The molecular formula is C22H33N5S. The normalized spacial score (nSPS) is 16.1. The fourth-order valence-corrected chi connectivity index (χ4v) is 4.66. The number of thiazole rings is 1. The molecule has 1 aliphatic heterocycles. The highest BCUT2D eigenvalue weighted by Gasteiger charge is 2.25. The number of hydrogen-bond donors (Lipinski definition) is 2. The molecule has 28 heavy (non-hydrogen) atoms. The lowest BCUT2D eigenvalue weighted by molar-refractivity contribution is 0.140. The fourth-order valence-electron chi connectivity index (χ4n) is 3.78. The molecule has 1 atom stereocenters. The van der Waals surface area contributed by atoms with Crippen LogP contribution in [-0.4, -0.2) is 42.0 Å². The summed E-state index contributed by atoms with van der Waals surface area (Å²) in [5.74, 6) is 1.41. The van der Waals surface area contributed by atoms with E-state index in [9.17, 15) is 0 Å². The third-order valence-electron chi connectivity index (χ3n) is 5.58. The average molecular weight is 400 g/mol. The molecule has 0 saturated heterocycles. The molecule has 2 aromatic rings. The highest BCUT2D eigenvalue weighted by molar-refractivity contribution is 7.11. The third kappa shape index (κ3) is 5.11. The molecule has 2 N–H and O–H groups in total. The van der Waals surface area contributed by atoms with E-state index in [1.54, 1.807) is 11.3 Å². The highest BCUT2D eigenvalue weighted by Crippen LogP contribution is 2.22. The van der Waals surface area contributed by atoms with Gasteiger partial charge in [0.1, 0.15) is 5.01 Å². The lowest BCUT2D eigenvalue weighted by Crippen LogP contribution is -2.50. The van der Waals surface area contributed by atoms with E-state index in [4.69, 9.17) is 0 Å². The monoisotopic (exact) mass is 399 g/mol. The first-order valence-corrected chi connectivity index (χ1v) is 11.0. The summed E-state index contributed by atoms with van der Waals surface area (Å²) in [4.78, 5) is 12.9. The van der Waals surface area contributed by atoms with Crippen LogP contribution in [0.4, 0.5) is 0 Å². The average Bonchev–Trinajstić information content (AvgIpc) is 3.01. The van der Waals surface area contributed by atoms with Crippen LogP contribution in [0.3, 0.4) is 0 Å². The van der Waals surface area contributed by atoms with E-state index in [1.165, 1.54) is 16.0 Å². The van der Waals surface area contributed by atoms with Gasteiger partial charge in [0.25, 0.3) is 0 Å². The molecule has 0 amide bonds. The minimum Gasteiger partial charge on any atom is -0.355 e. The molecule has 0 fully saturated rings. The summed E-state index contributed by atoms with van der Waals surface area (Å²) >= 11 is 1.75. The summed E-state index contributed by atoms with van der Waals surface area (Å²) in [7, 11) is 1.83. The Morgan fingerprint density at radius 3 is 2.61 bits per heavy atom. The highest BCUT2D eigenvalue weighted by atomic mass is 32.1. The van der Waals surface area contributed by atoms with Crippen molar-refractivity contribution in [2.75, 3.05) is 20.1 Å². The molecule has 1 aromatic carbocycles. The van der Waals surface area contributed by atoms with Gasteiger partial charge in [-0.3, -0.25) is 9.89 Å². The molecule has 3 rings (SSSR count). The third-order valence-corrected chi connectivity index (χ3v) is 6.65. The van der Waals surface area contributed by atoms with E-state index >= 15 is 0 Å². The van der Waals surface area contributed by atoms with Crippen molar-refractivity contribution < 1.29 is 0 Å². The zero-order chi connectivity index (χ0) is 20.1. The van der Waals surface area contributed by atoms with Crippen LogP contribution in [0.25, 0.3) is 0 Å². The van der Waals surface area contributed by atoms with Crippen LogP contribution >= 0.6 is 11.3 Å². The maximum absolute atomic E-state index is 4.60. The summed E-state index contributed by atoms with van der Waals surface area (Å²) in [5.41, 5.74) is 4.09. The summed E-state index contributed by atoms with van der Waals surface area (Å²) in [6, 6.07) is 9.31. The van der Waals surface area contributed by atoms with Crippen molar-refractivity contribution in [1.29, 1.82) is 0 Å². The van der Waals surface area contributed by atoms with Crippen LogP contribution in [0.2, 0.25) is 0 Å². The van der Waals surface area contributed by atoms with E-state index in [1.807, 2.05) is 7.05 Å². The number of aliphatic imine (C=N–C) groups is 1. The molecule has 0 radical (unpaired) electrons. The maximum Gasteiger partial charge on any atom is 0.191 e. The summed E-state index contributed by atoms with van der Waals surface area (Å²) in [5, 5.41) is 8.05. The van der Waals surface area contributed by atoms with Gasteiger partial charge in [-0.15, -0.1) is 11.3 Å². The summed E-state index contributed by atoms with van der Waals surface area (Å²) < 4.78 is 0. The van der Waals surface area contributed by atoms with E-state index in [-0.39, 0.29) is 0 Å². The van der Waals surface area contributed by atoms with Gasteiger partial charge in [-0.05, 0) is 37.3 Å². The van der Waals surface area contributed by atoms with Gasteiger partial charge in [0.05, 0.1) is 12.2 Å². The second-order valence-electron chi connectivity index (χ2n) is 7.86. The van der Waals surface area contributed by atoms with Crippen molar-refractivity contribution in [2.45, 2.75) is 53.2 Å². The van der Waals surface area contributed by atoms with Gasteiger partial charge in [-0.2, -0.15) is 0 Å². The van der Waals surface area contributed by atoms with Gasteiger partial charge in [0.2, 0.25) is 0 Å². The minimum absolute atomic E-state index is 0.469. The topological polar surface area (TPSA) is 52.6 Å². The van der Waals surface area contributed by atoms with Crippen LogP contribution in [0, 0.1) is 19.8 Å². The maximum atomic E-state index is 4.60. The fraction of sp³-hybridized carbons (Fsp3) is 0.545. The van der Waals surface area contributed by atoms with Crippen molar-refractivity contribution >= 4 is 17.3 Å². The molecular weight excluding hydrogens is 366 g/mol. The van der Waals surface area contributed by atoms with Gasteiger partial charge in [-0.1, -0.05) is 38.1 Å². The lowest BCUT2D eigenvalue weighted by atomic mass is 9.95. The summed E-state index contributed by atoms with van der Waals surface area (Å²) in [6.45, 7) is 12.5. The molecule has 1 aliphatic rings. The van der Waals surface area contributed by atoms with Gasteiger partial charge in [0.15, 0.2) is 5.96 Å². The van der Waals surface area contributed by atoms with Crippen molar-refractivity contribution in [2.24, 2.45) is 10.9 Å². The Bertz CT molecular complexity index is 792. The van der Waals surface area contributed by atoms with Gasteiger partial charge >= 0.3 is 0 Å². The van der Waals surface area contributed by atoms with Crippen molar-refractivity contribution in [3.8, 4) is 0 Å². The molecule has 1 unspecified atom stereocenters. The number of benzene rings is 1. The van der Waals surface area contributed by atoms with E-state index < -0.39 is 0 Å². The van der Waals surface area contributed by atoms with Gasteiger partial charge in [-0.25, -0.2) is 4.98 Å². The molecule has 0 saturated carbocycles. The Labute approximate surface area is 173 Å². The number of aromatic nitrogens is 1. The molecule has 152 valence electrons. The SMILES string of the molecule is CN=C(NCc1nc(C)c(C)s1)NCC(C(C)C)N1CCc2ccccc2C1. The Hall–Kier alpha value is -1.92. The van der Waals surface area contributed by atoms with Crippen molar-refractivity contribution in [3.63, 3.8) is 0 Å². The smallest absolute Gasteiger partial charge is 0.191 e. The summed E-state index contributed by atoms with van der Waals surface area (Å²) in [6.07, 6.45) is 1.13. The lowest BCUT2D eigenvalue weighted by Gasteiger charge is -2.38. The Morgan fingerprint density at radius 2 is 1.96 bits per heavy atom. The zero-order valence-electron chi connectivity index (χ0n) is 17.7. The molecule has 0 bridgehead atoms. The van der Waals surface area contributed by atoms with Crippen LogP contribution in [0.1, 0.15) is 40.6 Å². The van der Waals surface area contributed by atoms with Crippen LogP contribution in [0.5, 0.6) is 0 Å². The van der Waals surface area contributed by atoms with Gasteiger partial charge < -0.3 is 10.6 Å². The second-order valence-corrected chi connectivity index (χ2v) is 9.14. The molecule has 5 nitrogen and oxygen atoms in total. The molecule has 0 aliphatic carbocycles. The van der Waals surface area contributed by atoms with Crippen LogP contribution in [0.15, 0.2) is 29.3 Å². The number of aryl methyl sites for hydroxylation is 2. The molecule has 1 aromatic heterocycles. The number of nitrogens with one attached hydrogen (secondary N) is 2. The number of guanidine groups is 1. The number of fused-ring (bicyclic) bond motifs is 1. The zero-order valence-corrected chi connectivity index (χ0v) is 18.6. The van der Waals surface area contributed by atoms with Crippen molar-refractivity contribution in [3.05, 3.63) is 51.0 Å². The largest absolute Gasteiger partial charge is 0.355 e. The Balaban J connectivity index is 1.56. The van der Waals surface area contributed by atoms with Gasteiger partial charge in [0, 0.05) is 37.6 Å². The first kappa shape index (κ1) is 20.8. The Kier molecular flexibility index (Phi) is 7.08. The number of hydrogen-bond acceptors (Lipinski definition) is 4. The standard InChI is InChI=1S/C22H33N5S/c1-15(2)20(27-11-10-18-8-6-7-9-19(18)14-27)12-24-22(23-5)25-13-21-26-16(3)17(4)28-21/h6-9,15,20H,10-14H2,1-5H3,(H2,23,24,25). The van der Waals surface area contributed by atoms with E-state index in [0.717, 1.165) is 42.7 Å². The number of nitrogens with zero attached hydrogens (tertiary/aromatic N) is 3. The second kappa shape index (κ2) is 9.52. The predicted molar refractivity (Wildman–Crippen MR) is 119 cm³/mol. The van der Waals surface area contributed by atoms with E-state index in [0.29, 0.717) is 18.5 Å².